The Labute approximate surface area is 166 Å². The number of hydrogen-bond donors (Lipinski definition) is 1. The van der Waals surface area contributed by atoms with Crippen molar-refractivity contribution in [2.45, 2.75) is 56.1 Å². The van der Waals surface area contributed by atoms with Gasteiger partial charge in [-0.1, -0.05) is 19.3 Å². The van der Waals surface area contributed by atoms with E-state index in [-0.39, 0.29) is 28.2 Å². The number of rotatable bonds is 7. The summed E-state index contributed by atoms with van der Waals surface area (Å²) >= 11 is 0. The molecule has 156 valence electrons. The maximum absolute atomic E-state index is 12.5. The Kier molecular flexibility index (Phi) is 7.42. The number of methoxy groups -OCH3 is 1. The molecule has 28 heavy (non-hydrogen) atoms. The third kappa shape index (κ3) is 5.23. The van der Waals surface area contributed by atoms with Crippen LogP contribution in [0.3, 0.4) is 0 Å². The Morgan fingerprint density at radius 3 is 2.39 bits per heavy atom. The van der Waals surface area contributed by atoms with Gasteiger partial charge in [0, 0.05) is 20.1 Å². The highest BCUT2D eigenvalue weighted by atomic mass is 32.2. The molecule has 1 aliphatic rings. The second-order valence-corrected chi connectivity index (χ2v) is 9.16. The van der Waals surface area contributed by atoms with E-state index in [0.29, 0.717) is 0 Å². The van der Waals surface area contributed by atoms with Crippen LogP contribution in [0.15, 0.2) is 23.1 Å². The standard InChI is InChI=1S/C19H28N2O6S/c1-13(18(22)20-15-8-6-5-7-9-15)27-19(23)14-10-11-16(26-4)17(12-14)28(24,25)21(2)3/h10-13,15H,5-9H2,1-4H3,(H,20,22). The number of sulfonamides is 1. The second kappa shape index (κ2) is 9.38. The summed E-state index contributed by atoms with van der Waals surface area (Å²) in [6.45, 7) is 1.50. The SMILES string of the molecule is COc1ccc(C(=O)OC(C)C(=O)NC2CCCCC2)cc1S(=O)(=O)N(C)C. The summed E-state index contributed by atoms with van der Waals surface area (Å²) in [4.78, 5) is 24.6. The highest BCUT2D eigenvalue weighted by molar-refractivity contribution is 7.89. The minimum atomic E-state index is -3.82. The van der Waals surface area contributed by atoms with Crippen molar-refractivity contribution in [2.75, 3.05) is 21.2 Å². The molecule has 1 aromatic carbocycles. The van der Waals surface area contributed by atoms with Gasteiger partial charge in [0.05, 0.1) is 12.7 Å². The van der Waals surface area contributed by atoms with Gasteiger partial charge in [-0.05, 0) is 38.0 Å². The number of carbonyl (C=O) groups is 2. The van der Waals surface area contributed by atoms with Gasteiger partial charge in [-0.3, -0.25) is 4.79 Å². The molecule has 0 saturated heterocycles. The fourth-order valence-electron chi connectivity index (χ4n) is 3.05. The van der Waals surface area contributed by atoms with E-state index in [4.69, 9.17) is 9.47 Å². The van der Waals surface area contributed by atoms with E-state index in [1.807, 2.05) is 0 Å². The van der Waals surface area contributed by atoms with Crippen molar-refractivity contribution in [3.8, 4) is 5.75 Å². The van der Waals surface area contributed by atoms with E-state index in [9.17, 15) is 18.0 Å². The lowest BCUT2D eigenvalue weighted by Gasteiger charge is -2.24. The van der Waals surface area contributed by atoms with E-state index in [2.05, 4.69) is 5.32 Å². The predicted octanol–water partition coefficient (Wildman–Crippen LogP) is 1.94. The molecular formula is C19H28N2O6S. The highest BCUT2D eigenvalue weighted by Gasteiger charge is 2.26. The summed E-state index contributed by atoms with van der Waals surface area (Å²) < 4.78 is 36.3. The van der Waals surface area contributed by atoms with E-state index in [1.165, 1.54) is 52.7 Å². The fourth-order valence-corrected chi connectivity index (χ4v) is 4.12. The molecule has 1 N–H and O–H groups in total. The van der Waals surface area contributed by atoms with Crippen LogP contribution < -0.4 is 10.1 Å². The summed E-state index contributed by atoms with van der Waals surface area (Å²) in [6.07, 6.45) is 4.20. The maximum atomic E-state index is 12.5. The monoisotopic (exact) mass is 412 g/mol. The average molecular weight is 413 g/mol. The van der Waals surface area contributed by atoms with Crippen molar-refractivity contribution >= 4 is 21.9 Å². The Bertz CT molecular complexity index is 816. The summed E-state index contributed by atoms with van der Waals surface area (Å²) in [6, 6.07) is 4.10. The van der Waals surface area contributed by atoms with Crippen LogP contribution in [0.1, 0.15) is 49.4 Å². The lowest BCUT2D eigenvalue weighted by atomic mass is 9.95. The molecule has 9 heteroatoms. The quantitative estimate of drug-likeness (QED) is 0.687. The molecule has 8 nitrogen and oxygen atoms in total. The predicted molar refractivity (Wildman–Crippen MR) is 104 cm³/mol. The molecule has 1 fully saturated rings. The van der Waals surface area contributed by atoms with Crippen LogP contribution in [-0.2, 0) is 19.6 Å². The number of hydrogen-bond acceptors (Lipinski definition) is 6. The molecule has 1 aliphatic carbocycles. The molecule has 1 atom stereocenters. The van der Waals surface area contributed by atoms with Gasteiger partial charge < -0.3 is 14.8 Å². The van der Waals surface area contributed by atoms with Gasteiger partial charge in [0.15, 0.2) is 6.10 Å². The van der Waals surface area contributed by atoms with Crippen LogP contribution >= 0.6 is 0 Å². The zero-order valence-electron chi connectivity index (χ0n) is 16.7. The summed E-state index contributed by atoms with van der Waals surface area (Å²) in [7, 11) is 0.301. The molecule has 0 spiro atoms. The number of benzene rings is 1. The summed E-state index contributed by atoms with van der Waals surface area (Å²) in [5.74, 6) is -1.01. The highest BCUT2D eigenvalue weighted by Crippen LogP contribution is 2.27. The molecule has 2 rings (SSSR count). The Balaban J connectivity index is 2.12. The van der Waals surface area contributed by atoms with Gasteiger partial charge in [0.2, 0.25) is 10.0 Å². The topological polar surface area (TPSA) is 102 Å². The van der Waals surface area contributed by atoms with Crippen molar-refractivity contribution in [1.29, 1.82) is 0 Å². The first-order chi connectivity index (χ1) is 13.2. The molecule has 0 radical (unpaired) electrons. The minimum Gasteiger partial charge on any atom is -0.495 e. The van der Waals surface area contributed by atoms with E-state index < -0.39 is 22.1 Å². The third-order valence-corrected chi connectivity index (χ3v) is 6.60. The Morgan fingerprint density at radius 1 is 1.18 bits per heavy atom. The van der Waals surface area contributed by atoms with Gasteiger partial charge in [0.25, 0.3) is 5.91 Å². The van der Waals surface area contributed by atoms with E-state index in [1.54, 1.807) is 0 Å². The largest absolute Gasteiger partial charge is 0.495 e. The smallest absolute Gasteiger partial charge is 0.338 e. The molecule has 0 aromatic heterocycles. The number of nitrogens with zero attached hydrogens (tertiary/aromatic N) is 1. The van der Waals surface area contributed by atoms with Crippen LogP contribution in [0.4, 0.5) is 0 Å². The average Bonchev–Trinajstić information content (AvgIpc) is 2.67. The van der Waals surface area contributed by atoms with Crippen molar-refractivity contribution in [2.24, 2.45) is 0 Å². The number of amides is 1. The lowest BCUT2D eigenvalue weighted by Crippen LogP contribution is -2.42. The van der Waals surface area contributed by atoms with Crippen molar-refractivity contribution in [3.05, 3.63) is 23.8 Å². The first-order valence-corrected chi connectivity index (χ1v) is 10.7. The fraction of sp³-hybridized carbons (Fsp3) is 0.579. The molecular weight excluding hydrogens is 384 g/mol. The molecule has 1 amide bonds. The molecule has 1 saturated carbocycles. The van der Waals surface area contributed by atoms with Gasteiger partial charge in [-0.25, -0.2) is 17.5 Å². The molecule has 0 bridgehead atoms. The first kappa shape index (κ1) is 22.2. The molecule has 0 aliphatic heterocycles. The number of nitrogens with one attached hydrogen (secondary N) is 1. The van der Waals surface area contributed by atoms with Crippen molar-refractivity contribution in [1.82, 2.24) is 9.62 Å². The van der Waals surface area contributed by atoms with Crippen LogP contribution in [-0.4, -0.2) is 58.0 Å². The number of esters is 1. The second-order valence-electron chi connectivity index (χ2n) is 7.04. The first-order valence-electron chi connectivity index (χ1n) is 9.28. The normalized spacial score (nSPS) is 16.5. The van der Waals surface area contributed by atoms with Crippen molar-refractivity contribution in [3.63, 3.8) is 0 Å². The molecule has 1 aromatic rings. The molecule has 0 heterocycles. The van der Waals surface area contributed by atoms with E-state index in [0.717, 1.165) is 30.0 Å². The Morgan fingerprint density at radius 2 is 1.82 bits per heavy atom. The van der Waals surface area contributed by atoms with Crippen molar-refractivity contribution < 1.29 is 27.5 Å². The van der Waals surface area contributed by atoms with Crippen LogP contribution in [0.5, 0.6) is 5.75 Å². The van der Waals surface area contributed by atoms with Crippen LogP contribution in [0.25, 0.3) is 0 Å². The zero-order chi connectivity index (χ0) is 20.9. The van der Waals surface area contributed by atoms with Crippen LogP contribution in [0.2, 0.25) is 0 Å². The van der Waals surface area contributed by atoms with Gasteiger partial charge >= 0.3 is 5.97 Å². The third-order valence-electron chi connectivity index (χ3n) is 4.76. The van der Waals surface area contributed by atoms with Gasteiger partial charge in [-0.15, -0.1) is 0 Å². The van der Waals surface area contributed by atoms with Gasteiger partial charge in [0.1, 0.15) is 10.6 Å². The minimum absolute atomic E-state index is 0.0264. The maximum Gasteiger partial charge on any atom is 0.338 e. The molecule has 1 unspecified atom stereocenters. The van der Waals surface area contributed by atoms with Gasteiger partial charge in [-0.2, -0.15) is 0 Å². The van der Waals surface area contributed by atoms with Crippen LogP contribution in [0, 0.1) is 0 Å². The summed E-state index contributed by atoms with van der Waals surface area (Å²) in [5.41, 5.74) is 0.0264. The summed E-state index contributed by atoms with van der Waals surface area (Å²) in [5, 5.41) is 2.91. The van der Waals surface area contributed by atoms with E-state index >= 15 is 0 Å². The number of carbonyl (C=O) groups excluding carboxylic acids is 2. The lowest BCUT2D eigenvalue weighted by molar-refractivity contribution is -0.130. The Hall–Kier alpha value is -2.13. The number of ether oxygens (including phenoxy) is 2. The zero-order valence-corrected chi connectivity index (χ0v) is 17.5.